The lowest BCUT2D eigenvalue weighted by Gasteiger charge is -2.32. The lowest BCUT2D eigenvalue weighted by atomic mass is 10.2. The van der Waals surface area contributed by atoms with Crippen molar-refractivity contribution in [3.8, 4) is 5.75 Å². The number of benzene rings is 2. The normalized spacial score (nSPS) is 16.4. The van der Waals surface area contributed by atoms with Crippen LogP contribution in [-0.2, 0) is 16.6 Å². The van der Waals surface area contributed by atoms with Crippen molar-refractivity contribution < 1.29 is 13.2 Å². The van der Waals surface area contributed by atoms with E-state index in [1.807, 2.05) is 44.2 Å². The summed E-state index contributed by atoms with van der Waals surface area (Å²) in [6.07, 6.45) is 0.0578. The molecule has 0 amide bonds. The Morgan fingerprint density at radius 1 is 0.967 bits per heavy atom. The Bertz CT molecular complexity index is 1120. The maximum atomic E-state index is 13.6. The van der Waals surface area contributed by atoms with Gasteiger partial charge in [-0.25, -0.2) is 12.4 Å². The fourth-order valence-corrected chi connectivity index (χ4v) is 5.45. The molecule has 1 aromatic heterocycles. The quantitative estimate of drug-likeness (QED) is 0.603. The average molecular weight is 428 g/mol. The van der Waals surface area contributed by atoms with E-state index in [4.69, 9.17) is 4.74 Å². The summed E-state index contributed by atoms with van der Waals surface area (Å²) in [4.78, 5) is 4.91. The highest BCUT2D eigenvalue weighted by molar-refractivity contribution is 7.90. The smallest absolute Gasteiger partial charge is 0.268 e. The van der Waals surface area contributed by atoms with Crippen LogP contribution < -0.4 is 4.74 Å². The fourth-order valence-electron chi connectivity index (χ4n) is 3.90. The van der Waals surface area contributed by atoms with E-state index in [1.165, 1.54) is 3.97 Å². The molecule has 2 heterocycles. The molecule has 0 bridgehead atoms. The zero-order valence-electron chi connectivity index (χ0n) is 17.8. The highest BCUT2D eigenvalue weighted by Gasteiger charge is 2.25. The topological polar surface area (TPSA) is 54.8 Å². The number of hydrogen-bond donors (Lipinski definition) is 0. The molecule has 1 aliphatic rings. The molecule has 0 aliphatic carbocycles. The van der Waals surface area contributed by atoms with Crippen LogP contribution in [0.4, 0.5) is 0 Å². The highest BCUT2D eigenvalue weighted by Crippen LogP contribution is 2.30. The first-order valence-electron chi connectivity index (χ1n) is 10.4. The van der Waals surface area contributed by atoms with E-state index in [0.717, 1.165) is 43.0 Å². The SMILES string of the molecule is CC(C)Oc1ccc2c(c1)cc(CN1CCN(C)CC1)n2S(=O)(=O)c1ccccc1. The van der Waals surface area contributed by atoms with Crippen molar-refractivity contribution in [1.29, 1.82) is 0 Å². The first-order valence-corrected chi connectivity index (χ1v) is 11.8. The van der Waals surface area contributed by atoms with Gasteiger partial charge in [-0.3, -0.25) is 4.90 Å². The van der Waals surface area contributed by atoms with E-state index in [-0.39, 0.29) is 6.10 Å². The van der Waals surface area contributed by atoms with E-state index in [9.17, 15) is 8.42 Å². The van der Waals surface area contributed by atoms with Gasteiger partial charge >= 0.3 is 0 Å². The Hall–Kier alpha value is -2.35. The third kappa shape index (κ3) is 4.24. The van der Waals surface area contributed by atoms with Gasteiger partial charge in [-0.05, 0) is 57.3 Å². The molecule has 0 saturated carbocycles. The van der Waals surface area contributed by atoms with Gasteiger partial charge in [0.1, 0.15) is 5.75 Å². The Labute approximate surface area is 178 Å². The molecule has 1 aliphatic heterocycles. The average Bonchev–Trinajstić information content (AvgIpc) is 3.07. The van der Waals surface area contributed by atoms with Gasteiger partial charge in [-0.15, -0.1) is 0 Å². The first-order chi connectivity index (χ1) is 14.3. The van der Waals surface area contributed by atoms with Crippen LogP contribution in [-0.4, -0.2) is 61.5 Å². The molecule has 3 aromatic rings. The van der Waals surface area contributed by atoms with Crippen LogP contribution in [0, 0.1) is 0 Å². The lowest BCUT2D eigenvalue weighted by Crippen LogP contribution is -2.44. The van der Waals surface area contributed by atoms with Crippen molar-refractivity contribution in [2.75, 3.05) is 33.2 Å². The number of fused-ring (bicyclic) bond motifs is 1. The molecule has 0 radical (unpaired) electrons. The molecule has 160 valence electrons. The Morgan fingerprint density at radius 3 is 2.33 bits per heavy atom. The van der Waals surface area contributed by atoms with Gasteiger partial charge in [0.25, 0.3) is 10.0 Å². The largest absolute Gasteiger partial charge is 0.491 e. The summed E-state index contributed by atoms with van der Waals surface area (Å²) in [5.41, 5.74) is 1.46. The van der Waals surface area contributed by atoms with Crippen LogP contribution >= 0.6 is 0 Å². The molecular weight excluding hydrogens is 398 g/mol. The molecule has 2 aromatic carbocycles. The second-order valence-corrected chi connectivity index (χ2v) is 9.97. The summed E-state index contributed by atoms with van der Waals surface area (Å²) >= 11 is 0. The van der Waals surface area contributed by atoms with Crippen molar-refractivity contribution in [3.63, 3.8) is 0 Å². The monoisotopic (exact) mass is 427 g/mol. The lowest BCUT2D eigenvalue weighted by molar-refractivity contribution is 0.147. The number of piperazine rings is 1. The molecule has 30 heavy (non-hydrogen) atoms. The third-order valence-corrected chi connectivity index (χ3v) is 7.22. The van der Waals surface area contributed by atoms with Crippen molar-refractivity contribution in [2.24, 2.45) is 0 Å². The molecular formula is C23H29N3O3S. The molecule has 0 N–H and O–H groups in total. The zero-order valence-corrected chi connectivity index (χ0v) is 18.6. The van der Waals surface area contributed by atoms with Crippen molar-refractivity contribution in [3.05, 3.63) is 60.3 Å². The summed E-state index contributed by atoms with van der Waals surface area (Å²) in [6.45, 7) is 8.36. The van der Waals surface area contributed by atoms with Crippen LogP contribution in [0.25, 0.3) is 10.9 Å². The summed E-state index contributed by atoms with van der Waals surface area (Å²) in [5, 5.41) is 0.872. The van der Waals surface area contributed by atoms with Gasteiger partial charge in [0.2, 0.25) is 0 Å². The van der Waals surface area contributed by atoms with Crippen LogP contribution in [0.3, 0.4) is 0 Å². The van der Waals surface area contributed by atoms with Crippen LogP contribution in [0.15, 0.2) is 59.5 Å². The van der Waals surface area contributed by atoms with E-state index >= 15 is 0 Å². The van der Waals surface area contributed by atoms with Gasteiger partial charge in [0.15, 0.2) is 0 Å². The molecule has 6 nitrogen and oxygen atoms in total. The summed E-state index contributed by atoms with van der Waals surface area (Å²) in [5.74, 6) is 0.748. The molecule has 1 fully saturated rings. The van der Waals surface area contributed by atoms with E-state index in [0.29, 0.717) is 17.0 Å². The van der Waals surface area contributed by atoms with E-state index in [1.54, 1.807) is 24.3 Å². The van der Waals surface area contributed by atoms with E-state index < -0.39 is 10.0 Å². The van der Waals surface area contributed by atoms with E-state index in [2.05, 4.69) is 16.8 Å². The molecule has 1 saturated heterocycles. The first kappa shape index (κ1) is 20.9. The molecule has 7 heteroatoms. The van der Waals surface area contributed by atoms with Crippen LogP contribution in [0.1, 0.15) is 19.5 Å². The Balaban J connectivity index is 1.80. The standard InChI is InChI=1S/C23H29N3O3S/c1-18(2)29-21-9-10-23-19(16-21)15-20(17-25-13-11-24(3)12-14-25)26(23)30(27,28)22-7-5-4-6-8-22/h4-10,15-16,18H,11-14,17H2,1-3H3. The number of likely N-dealkylation sites (N-methyl/N-ethyl adjacent to an activating group) is 1. The summed E-state index contributed by atoms with van der Waals surface area (Å²) in [7, 11) is -1.60. The predicted molar refractivity (Wildman–Crippen MR) is 120 cm³/mol. The molecule has 0 spiro atoms. The summed E-state index contributed by atoms with van der Waals surface area (Å²) < 4.78 is 34.5. The number of rotatable bonds is 6. The Kier molecular flexibility index (Phi) is 5.86. The maximum absolute atomic E-state index is 13.6. The second-order valence-electron chi connectivity index (χ2n) is 8.18. The number of aromatic nitrogens is 1. The second kappa shape index (κ2) is 8.41. The number of ether oxygens (including phenoxy) is 1. The fraction of sp³-hybridized carbons (Fsp3) is 0.391. The van der Waals surface area contributed by atoms with Crippen LogP contribution in [0.2, 0.25) is 0 Å². The number of hydrogen-bond acceptors (Lipinski definition) is 5. The van der Waals surface area contributed by atoms with Crippen molar-refractivity contribution in [1.82, 2.24) is 13.8 Å². The van der Waals surface area contributed by atoms with Crippen molar-refractivity contribution >= 4 is 20.9 Å². The van der Waals surface area contributed by atoms with Crippen molar-refractivity contribution in [2.45, 2.75) is 31.4 Å². The Morgan fingerprint density at radius 2 is 1.67 bits per heavy atom. The van der Waals surface area contributed by atoms with Gasteiger partial charge in [0, 0.05) is 43.8 Å². The molecule has 0 atom stereocenters. The minimum atomic E-state index is -3.71. The maximum Gasteiger partial charge on any atom is 0.268 e. The predicted octanol–water partition coefficient (Wildman–Crippen LogP) is 3.41. The zero-order chi connectivity index (χ0) is 21.3. The molecule has 0 unspecified atom stereocenters. The number of nitrogens with zero attached hydrogens (tertiary/aromatic N) is 3. The molecule has 4 rings (SSSR count). The summed E-state index contributed by atoms with van der Waals surface area (Å²) in [6, 6.07) is 16.3. The van der Waals surface area contributed by atoms with Crippen LogP contribution in [0.5, 0.6) is 5.75 Å². The van der Waals surface area contributed by atoms with Gasteiger partial charge in [-0.2, -0.15) is 0 Å². The minimum absolute atomic E-state index is 0.0578. The minimum Gasteiger partial charge on any atom is -0.491 e. The highest BCUT2D eigenvalue weighted by atomic mass is 32.2. The third-order valence-electron chi connectivity index (χ3n) is 5.44. The van der Waals surface area contributed by atoms with Gasteiger partial charge in [0.05, 0.1) is 16.5 Å². The van der Waals surface area contributed by atoms with Gasteiger partial charge < -0.3 is 9.64 Å². The van der Waals surface area contributed by atoms with Gasteiger partial charge in [-0.1, -0.05) is 18.2 Å².